The number of nitrogens with zero attached hydrogens (tertiary/aromatic N) is 1. The van der Waals surface area contributed by atoms with E-state index < -0.39 is 0 Å². The minimum Gasteiger partial charge on any atom is -0.491 e. The van der Waals surface area contributed by atoms with Gasteiger partial charge in [0.15, 0.2) is 0 Å². The number of rotatable bonds is 3. The molecule has 0 aromatic heterocycles. The summed E-state index contributed by atoms with van der Waals surface area (Å²) in [6.07, 6.45) is 1.73. The van der Waals surface area contributed by atoms with E-state index in [-0.39, 0.29) is 6.10 Å². The first-order valence-corrected chi connectivity index (χ1v) is 4.97. The Hall–Kier alpha value is -1.75. The van der Waals surface area contributed by atoms with Crippen LogP contribution in [0, 0.1) is 11.3 Å². The molecule has 0 aliphatic rings. The Morgan fingerprint density at radius 2 is 1.93 bits per heavy atom. The Morgan fingerprint density at radius 1 is 1.33 bits per heavy atom. The highest BCUT2D eigenvalue weighted by Crippen LogP contribution is 2.18. The van der Waals surface area contributed by atoms with Crippen molar-refractivity contribution in [3.8, 4) is 11.8 Å². The first-order valence-electron chi connectivity index (χ1n) is 4.97. The molecule has 0 bridgehead atoms. The maximum Gasteiger partial charge on any atom is 0.119 e. The standard InChI is InChI=1S/C13H15NO/c1-10(2)15-13-6-4-12(5-7-13)11(3)8-9-14/h4-8,10H,1-3H3. The average Bonchev–Trinajstić information content (AvgIpc) is 2.18. The Kier molecular flexibility index (Phi) is 3.93. The number of ether oxygens (including phenoxy) is 1. The monoisotopic (exact) mass is 201 g/mol. The third-order valence-corrected chi connectivity index (χ3v) is 1.96. The summed E-state index contributed by atoms with van der Waals surface area (Å²) in [7, 11) is 0. The van der Waals surface area contributed by atoms with Crippen LogP contribution >= 0.6 is 0 Å². The second kappa shape index (κ2) is 5.21. The van der Waals surface area contributed by atoms with E-state index in [1.54, 1.807) is 0 Å². The van der Waals surface area contributed by atoms with E-state index in [9.17, 15) is 0 Å². The maximum atomic E-state index is 8.52. The molecule has 0 spiro atoms. The van der Waals surface area contributed by atoms with Crippen molar-refractivity contribution in [3.05, 3.63) is 35.9 Å². The van der Waals surface area contributed by atoms with Crippen LogP contribution in [0.3, 0.4) is 0 Å². The van der Waals surface area contributed by atoms with Gasteiger partial charge in [-0.2, -0.15) is 5.26 Å². The van der Waals surface area contributed by atoms with Gasteiger partial charge in [-0.25, -0.2) is 0 Å². The SMILES string of the molecule is CC(=CC#N)c1ccc(OC(C)C)cc1. The van der Waals surface area contributed by atoms with Gasteiger partial charge < -0.3 is 4.74 Å². The maximum absolute atomic E-state index is 8.52. The van der Waals surface area contributed by atoms with Crippen molar-refractivity contribution in [2.45, 2.75) is 26.9 Å². The van der Waals surface area contributed by atoms with Crippen molar-refractivity contribution in [2.24, 2.45) is 0 Å². The smallest absolute Gasteiger partial charge is 0.119 e. The largest absolute Gasteiger partial charge is 0.491 e. The highest BCUT2D eigenvalue weighted by atomic mass is 16.5. The Labute approximate surface area is 90.8 Å². The predicted molar refractivity (Wildman–Crippen MR) is 61.5 cm³/mol. The first kappa shape index (κ1) is 11.3. The molecule has 0 aliphatic carbocycles. The van der Waals surface area contributed by atoms with Crippen LogP contribution < -0.4 is 4.74 Å². The van der Waals surface area contributed by atoms with Crippen molar-refractivity contribution in [1.82, 2.24) is 0 Å². The van der Waals surface area contributed by atoms with Gasteiger partial charge in [0.2, 0.25) is 0 Å². The van der Waals surface area contributed by atoms with Crippen LogP contribution in [-0.2, 0) is 0 Å². The molecular formula is C13H15NO. The normalized spacial score (nSPS) is 11.3. The van der Waals surface area contributed by atoms with Crippen LogP contribution in [0.4, 0.5) is 0 Å². The fourth-order valence-corrected chi connectivity index (χ4v) is 1.25. The third kappa shape index (κ3) is 3.47. The molecule has 2 nitrogen and oxygen atoms in total. The summed E-state index contributed by atoms with van der Waals surface area (Å²) in [4.78, 5) is 0. The molecule has 0 fully saturated rings. The van der Waals surface area contributed by atoms with E-state index in [0.29, 0.717) is 0 Å². The van der Waals surface area contributed by atoms with Crippen molar-refractivity contribution in [2.75, 3.05) is 0 Å². The molecule has 78 valence electrons. The molecule has 0 saturated heterocycles. The van der Waals surface area contributed by atoms with Gasteiger partial charge in [-0.1, -0.05) is 12.1 Å². The lowest BCUT2D eigenvalue weighted by molar-refractivity contribution is 0.242. The molecule has 0 unspecified atom stereocenters. The number of nitriles is 1. The summed E-state index contributed by atoms with van der Waals surface area (Å²) in [5.74, 6) is 0.860. The second-order valence-corrected chi connectivity index (χ2v) is 3.65. The molecule has 2 heteroatoms. The zero-order valence-electron chi connectivity index (χ0n) is 9.32. The summed E-state index contributed by atoms with van der Waals surface area (Å²) in [6, 6.07) is 9.78. The summed E-state index contributed by atoms with van der Waals surface area (Å²) in [5, 5.41) is 8.52. The van der Waals surface area contributed by atoms with Gasteiger partial charge in [0.25, 0.3) is 0 Å². The number of allylic oxidation sites excluding steroid dienone is 2. The lowest BCUT2D eigenvalue weighted by atomic mass is 10.1. The molecule has 0 radical (unpaired) electrons. The van der Waals surface area contributed by atoms with Crippen LogP contribution in [0.25, 0.3) is 5.57 Å². The topological polar surface area (TPSA) is 33.0 Å². The van der Waals surface area contributed by atoms with Crippen molar-refractivity contribution in [1.29, 1.82) is 5.26 Å². The molecule has 0 saturated carbocycles. The molecule has 15 heavy (non-hydrogen) atoms. The minimum absolute atomic E-state index is 0.187. The predicted octanol–water partition coefficient (Wildman–Crippen LogP) is 3.40. The van der Waals surface area contributed by atoms with Gasteiger partial charge in [-0.15, -0.1) is 0 Å². The summed E-state index contributed by atoms with van der Waals surface area (Å²) < 4.78 is 5.52. The zero-order chi connectivity index (χ0) is 11.3. The van der Waals surface area contributed by atoms with Crippen LogP contribution in [0.15, 0.2) is 30.3 Å². The Balaban J connectivity index is 2.82. The quantitative estimate of drug-likeness (QED) is 0.702. The minimum atomic E-state index is 0.187. The van der Waals surface area contributed by atoms with Crippen LogP contribution in [0.1, 0.15) is 26.3 Å². The Bertz CT molecular complexity index is 382. The Morgan fingerprint density at radius 3 is 2.40 bits per heavy atom. The molecule has 0 amide bonds. The molecule has 0 heterocycles. The van der Waals surface area contributed by atoms with Crippen LogP contribution in [0.5, 0.6) is 5.75 Å². The first-order chi connectivity index (χ1) is 7.13. The van der Waals surface area contributed by atoms with Gasteiger partial charge in [-0.05, 0) is 44.0 Å². The van der Waals surface area contributed by atoms with E-state index in [2.05, 4.69) is 0 Å². The van der Waals surface area contributed by atoms with Crippen molar-refractivity contribution < 1.29 is 4.74 Å². The van der Waals surface area contributed by atoms with E-state index >= 15 is 0 Å². The summed E-state index contributed by atoms with van der Waals surface area (Å²) >= 11 is 0. The number of hydrogen-bond acceptors (Lipinski definition) is 2. The van der Waals surface area contributed by atoms with Gasteiger partial charge in [0, 0.05) is 6.08 Å². The molecule has 1 aromatic rings. The second-order valence-electron chi connectivity index (χ2n) is 3.65. The number of hydrogen-bond donors (Lipinski definition) is 0. The molecule has 0 aliphatic heterocycles. The lowest BCUT2D eigenvalue weighted by Crippen LogP contribution is -2.05. The highest BCUT2D eigenvalue weighted by Gasteiger charge is 1.98. The third-order valence-electron chi connectivity index (χ3n) is 1.96. The van der Waals surface area contributed by atoms with Gasteiger partial charge in [-0.3, -0.25) is 0 Å². The van der Waals surface area contributed by atoms with Gasteiger partial charge >= 0.3 is 0 Å². The molecule has 1 rings (SSSR count). The fourth-order valence-electron chi connectivity index (χ4n) is 1.25. The summed E-state index contributed by atoms with van der Waals surface area (Å²) in [6.45, 7) is 5.91. The van der Waals surface area contributed by atoms with E-state index in [4.69, 9.17) is 10.00 Å². The van der Waals surface area contributed by atoms with E-state index in [0.717, 1.165) is 16.9 Å². The van der Waals surface area contributed by atoms with Gasteiger partial charge in [0.1, 0.15) is 5.75 Å². The van der Waals surface area contributed by atoms with Crippen molar-refractivity contribution in [3.63, 3.8) is 0 Å². The zero-order valence-corrected chi connectivity index (χ0v) is 9.32. The van der Waals surface area contributed by atoms with E-state index in [1.165, 1.54) is 6.08 Å². The highest BCUT2D eigenvalue weighted by molar-refractivity contribution is 5.66. The van der Waals surface area contributed by atoms with E-state index in [1.807, 2.05) is 51.1 Å². The molecule has 0 N–H and O–H groups in total. The lowest BCUT2D eigenvalue weighted by Gasteiger charge is -2.09. The average molecular weight is 201 g/mol. The van der Waals surface area contributed by atoms with Gasteiger partial charge in [0.05, 0.1) is 12.2 Å². The molecule has 1 aromatic carbocycles. The summed E-state index contributed by atoms with van der Waals surface area (Å²) in [5.41, 5.74) is 2.02. The van der Waals surface area contributed by atoms with Crippen molar-refractivity contribution >= 4 is 5.57 Å². The molecule has 0 atom stereocenters. The fraction of sp³-hybridized carbons (Fsp3) is 0.308. The van der Waals surface area contributed by atoms with Crippen LogP contribution in [0.2, 0.25) is 0 Å². The van der Waals surface area contributed by atoms with Crippen LogP contribution in [-0.4, -0.2) is 6.10 Å². The number of benzene rings is 1. The molecular weight excluding hydrogens is 186 g/mol.